The van der Waals surface area contributed by atoms with E-state index in [2.05, 4.69) is 5.32 Å². The normalized spacial score (nSPS) is 14.2. The standard InChI is InChI=1S/C27H20Cl4N2O5S/c1-2-37-22-11-16(10-20(31)25(22)38-14-15-7-8-17(28)19(30)9-15)12-23-26(35)33(27(36)39-23)13-24(34)32-21-6-4-3-5-18(21)29/h3-12H,2,13-14H2,1H3,(H,32,34)/b23-12+. The van der Waals surface area contributed by atoms with Crippen LogP contribution in [0.1, 0.15) is 18.1 Å². The fourth-order valence-electron chi connectivity index (χ4n) is 3.54. The monoisotopic (exact) mass is 624 g/mol. The zero-order chi connectivity index (χ0) is 28.1. The molecule has 0 unspecified atom stereocenters. The van der Waals surface area contributed by atoms with Crippen LogP contribution in [0.15, 0.2) is 59.5 Å². The van der Waals surface area contributed by atoms with Crippen molar-refractivity contribution in [2.75, 3.05) is 18.5 Å². The summed E-state index contributed by atoms with van der Waals surface area (Å²) in [5.41, 5.74) is 1.67. The van der Waals surface area contributed by atoms with Crippen LogP contribution in [0.2, 0.25) is 20.1 Å². The molecule has 0 spiro atoms. The van der Waals surface area contributed by atoms with Gasteiger partial charge in [-0.1, -0.05) is 64.6 Å². The van der Waals surface area contributed by atoms with Crippen LogP contribution >= 0.6 is 58.2 Å². The number of para-hydroxylation sites is 1. The van der Waals surface area contributed by atoms with Crippen LogP contribution in [0.3, 0.4) is 0 Å². The Kier molecular flexibility index (Phi) is 9.69. The fourth-order valence-corrected chi connectivity index (χ4v) is 5.16. The second-order valence-electron chi connectivity index (χ2n) is 8.10. The number of imide groups is 1. The molecular formula is C27H20Cl4N2O5S. The van der Waals surface area contributed by atoms with Crippen molar-refractivity contribution in [1.29, 1.82) is 0 Å². The molecule has 1 saturated heterocycles. The highest BCUT2D eigenvalue weighted by atomic mass is 35.5. The number of hydrogen-bond acceptors (Lipinski definition) is 6. The number of thioether (sulfide) groups is 1. The first-order valence-electron chi connectivity index (χ1n) is 11.5. The van der Waals surface area contributed by atoms with E-state index in [1.54, 1.807) is 54.6 Å². The van der Waals surface area contributed by atoms with Crippen molar-refractivity contribution in [3.8, 4) is 11.5 Å². The van der Waals surface area contributed by atoms with Gasteiger partial charge in [0.25, 0.3) is 11.1 Å². The molecular weight excluding hydrogens is 606 g/mol. The number of carbonyl (C=O) groups is 3. The zero-order valence-electron chi connectivity index (χ0n) is 20.3. The van der Waals surface area contributed by atoms with Crippen molar-refractivity contribution in [2.45, 2.75) is 13.5 Å². The molecule has 1 fully saturated rings. The highest BCUT2D eigenvalue weighted by Crippen LogP contribution is 2.40. The number of halogens is 4. The first-order valence-corrected chi connectivity index (χ1v) is 13.8. The molecule has 3 aromatic rings. The van der Waals surface area contributed by atoms with E-state index in [0.29, 0.717) is 44.4 Å². The van der Waals surface area contributed by atoms with E-state index >= 15 is 0 Å². The average Bonchev–Trinajstić information content (AvgIpc) is 3.14. The van der Waals surface area contributed by atoms with Crippen molar-refractivity contribution in [2.24, 2.45) is 0 Å². The molecule has 1 aliphatic heterocycles. The molecule has 1 heterocycles. The highest BCUT2D eigenvalue weighted by Gasteiger charge is 2.36. The molecule has 0 aromatic heterocycles. The third-order valence-corrected chi connectivity index (χ3v) is 7.58. The fraction of sp³-hybridized carbons (Fsp3) is 0.148. The summed E-state index contributed by atoms with van der Waals surface area (Å²) in [5, 5.41) is 3.45. The maximum Gasteiger partial charge on any atom is 0.294 e. The first kappa shape index (κ1) is 29.1. The summed E-state index contributed by atoms with van der Waals surface area (Å²) in [6.07, 6.45) is 1.51. The third kappa shape index (κ3) is 7.21. The Hall–Kier alpha value is -2.88. The van der Waals surface area contributed by atoms with Gasteiger partial charge < -0.3 is 14.8 Å². The number of amides is 3. The third-order valence-electron chi connectivity index (χ3n) is 5.32. The summed E-state index contributed by atoms with van der Waals surface area (Å²) >= 11 is 25.4. The van der Waals surface area contributed by atoms with E-state index in [0.717, 1.165) is 22.2 Å². The number of hydrogen-bond donors (Lipinski definition) is 1. The van der Waals surface area contributed by atoms with Gasteiger partial charge in [0.1, 0.15) is 13.2 Å². The van der Waals surface area contributed by atoms with Crippen LogP contribution in [0.4, 0.5) is 10.5 Å². The maximum absolute atomic E-state index is 12.9. The van der Waals surface area contributed by atoms with Crippen molar-refractivity contribution in [3.63, 3.8) is 0 Å². The molecule has 3 amide bonds. The molecule has 4 rings (SSSR count). The van der Waals surface area contributed by atoms with Crippen LogP contribution < -0.4 is 14.8 Å². The van der Waals surface area contributed by atoms with Gasteiger partial charge in [-0.15, -0.1) is 0 Å². The largest absolute Gasteiger partial charge is 0.490 e. The lowest BCUT2D eigenvalue weighted by molar-refractivity contribution is -0.127. The summed E-state index contributed by atoms with van der Waals surface area (Å²) in [7, 11) is 0. The molecule has 0 aliphatic carbocycles. The van der Waals surface area contributed by atoms with E-state index < -0.39 is 23.6 Å². The molecule has 0 atom stereocenters. The minimum Gasteiger partial charge on any atom is -0.490 e. The number of nitrogens with zero attached hydrogens (tertiary/aromatic N) is 1. The van der Waals surface area contributed by atoms with Crippen molar-refractivity contribution in [3.05, 3.63) is 90.7 Å². The van der Waals surface area contributed by atoms with E-state index in [4.69, 9.17) is 55.9 Å². The molecule has 3 aromatic carbocycles. The number of benzene rings is 3. The lowest BCUT2D eigenvalue weighted by atomic mass is 10.1. The zero-order valence-corrected chi connectivity index (χ0v) is 24.1. The number of rotatable bonds is 9. The molecule has 1 aliphatic rings. The molecule has 12 heteroatoms. The predicted octanol–water partition coefficient (Wildman–Crippen LogP) is 7.95. The second kappa shape index (κ2) is 13.0. The minimum atomic E-state index is -0.603. The Morgan fingerprint density at radius 3 is 2.44 bits per heavy atom. The van der Waals surface area contributed by atoms with Gasteiger partial charge in [-0.3, -0.25) is 19.3 Å². The van der Waals surface area contributed by atoms with Crippen LogP contribution in [-0.4, -0.2) is 35.1 Å². The van der Waals surface area contributed by atoms with Crippen molar-refractivity contribution in [1.82, 2.24) is 4.90 Å². The van der Waals surface area contributed by atoms with Gasteiger partial charge in [0, 0.05) is 0 Å². The summed E-state index contributed by atoms with van der Waals surface area (Å²) in [6, 6.07) is 15.0. The lowest BCUT2D eigenvalue weighted by Gasteiger charge is -2.15. The number of anilines is 1. The SMILES string of the molecule is CCOc1cc(/C=C2/SC(=O)N(CC(=O)Nc3ccccc3Cl)C2=O)cc(Cl)c1OCc1ccc(Cl)c(Cl)c1. The van der Waals surface area contributed by atoms with Gasteiger partial charge in [-0.25, -0.2) is 0 Å². The van der Waals surface area contributed by atoms with E-state index in [-0.39, 0.29) is 16.5 Å². The molecule has 7 nitrogen and oxygen atoms in total. The van der Waals surface area contributed by atoms with Crippen molar-refractivity contribution >= 4 is 87.0 Å². The van der Waals surface area contributed by atoms with Gasteiger partial charge in [-0.2, -0.15) is 0 Å². The Labute approximate surface area is 248 Å². The van der Waals surface area contributed by atoms with Gasteiger partial charge >= 0.3 is 0 Å². The van der Waals surface area contributed by atoms with Crippen LogP contribution in [-0.2, 0) is 16.2 Å². The summed E-state index contributed by atoms with van der Waals surface area (Å²) in [6.45, 7) is 1.84. The second-order valence-corrected chi connectivity index (χ2v) is 10.7. The molecule has 0 radical (unpaired) electrons. The minimum absolute atomic E-state index is 0.133. The summed E-state index contributed by atoms with van der Waals surface area (Å²) in [5.74, 6) is -0.495. The Bertz CT molecular complexity index is 1480. The van der Waals surface area contributed by atoms with Gasteiger partial charge in [-0.05, 0) is 72.3 Å². The molecule has 202 valence electrons. The molecule has 1 N–H and O–H groups in total. The Morgan fingerprint density at radius 1 is 0.949 bits per heavy atom. The van der Waals surface area contributed by atoms with Crippen LogP contribution in [0, 0.1) is 0 Å². The molecule has 39 heavy (non-hydrogen) atoms. The number of ether oxygens (including phenoxy) is 2. The predicted molar refractivity (Wildman–Crippen MR) is 156 cm³/mol. The van der Waals surface area contributed by atoms with E-state index in [1.165, 1.54) is 6.08 Å². The Morgan fingerprint density at radius 2 is 1.72 bits per heavy atom. The average molecular weight is 626 g/mol. The van der Waals surface area contributed by atoms with Crippen molar-refractivity contribution < 1.29 is 23.9 Å². The van der Waals surface area contributed by atoms with E-state index in [1.807, 2.05) is 6.92 Å². The number of carbonyl (C=O) groups excluding carboxylic acids is 3. The van der Waals surface area contributed by atoms with Gasteiger partial charge in [0.05, 0.1) is 37.3 Å². The quantitative estimate of drug-likeness (QED) is 0.243. The summed E-state index contributed by atoms with van der Waals surface area (Å²) < 4.78 is 11.6. The molecule has 0 bridgehead atoms. The smallest absolute Gasteiger partial charge is 0.294 e. The topological polar surface area (TPSA) is 84.9 Å². The van der Waals surface area contributed by atoms with Gasteiger partial charge in [0.2, 0.25) is 5.91 Å². The van der Waals surface area contributed by atoms with E-state index in [9.17, 15) is 14.4 Å². The summed E-state index contributed by atoms with van der Waals surface area (Å²) in [4.78, 5) is 38.9. The van der Waals surface area contributed by atoms with Gasteiger partial charge in [0.15, 0.2) is 11.5 Å². The van der Waals surface area contributed by atoms with Crippen LogP contribution in [0.25, 0.3) is 6.08 Å². The van der Waals surface area contributed by atoms with Crippen LogP contribution in [0.5, 0.6) is 11.5 Å². The first-order chi connectivity index (χ1) is 18.7. The Balaban J connectivity index is 1.50. The lowest BCUT2D eigenvalue weighted by Crippen LogP contribution is -2.36. The number of nitrogens with one attached hydrogen (secondary N) is 1. The highest BCUT2D eigenvalue weighted by molar-refractivity contribution is 8.18. The maximum atomic E-state index is 12.9. The molecule has 0 saturated carbocycles.